The highest BCUT2D eigenvalue weighted by Crippen LogP contribution is 2.25. The lowest BCUT2D eigenvalue weighted by molar-refractivity contribution is 0.553. The van der Waals surface area contributed by atoms with Crippen molar-refractivity contribution in [1.82, 2.24) is 0 Å². The fourth-order valence-corrected chi connectivity index (χ4v) is 2.32. The van der Waals surface area contributed by atoms with Crippen molar-refractivity contribution in [2.75, 3.05) is 0 Å². The lowest BCUT2D eigenvalue weighted by Gasteiger charge is -2.10. The zero-order valence-corrected chi connectivity index (χ0v) is 11.6. The molecule has 0 amide bonds. The van der Waals surface area contributed by atoms with Gasteiger partial charge in [0.1, 0.15) is 0 Å². The van der Waals surface area contributed by atoms with Gasteiger partial charge in [-0.15, -0.1) is 0 Å². The van der Waals surface area contributed by atoms with E-state index >= 15 is 0 Å². The largest absolute Gasteiger partial charge is 0.181 e. The minimum Gasteiger partial charge on any atom is -0.181 e. The average molecular weight is 236 g/mol. The van der Waals surface area contributed by atoms with Crippen molar-refractivity contribution in [3.05, 3.63) is 11.8 Å². The third-order valence-electron chi connectivity index (χ3n) is 3.51. The summed E-state index contributed by atoms with van der Waals surface area (Å²) in [6.45, 7) is 4.51. The van der Waals surface area contributed by atoms with Gasteiger partial charge < -0.3 is 0 Å². The topological polar surface area (TPSA) is 24.7 Å². The second-order valence-electron chi connectivity index (χ2n) is 5.11. The maximum Gasteiger partial charge on any atom is 0.0940 e. The Morgan fingerprint density at radius 2 is 1.65 bits per heavy atom. The van der Waals surface area contributed by atoms with Crippen LogP contribution in [0.25, 0.3) is 0 Å². The van der Waals surface area contributed by atoms with Crippen molar-refractivity contribution in [1.29, 1.82) is 0 Å². The van der Waals surface area contributed by atoms with E-state index in [1.165, 1.54) is 69.8 Å². The lowest BCUT2D eigenvalue weighted by atomic mass is 9.98. The van der Waals surface area contributed by atoms with Gasteiger partial charge in [0.05, 0.1) is 12.2 Å². The van der Waals surface area contributed by atoms with E-state index in [-0.39, 0.29) is 0 Å². The smallest absolute Gasteiger partial charge is 0.0940 e. The number of hydrogen-bond acceptors (Lipinski definition) is 2. The lowest BCUT2D eigenvalue weighted by Crippen LogP contribution is -2.05. The first-order valence-electron chi connectivity index (χ1n) is 7.47. The van der Waals surface area contributed by atoms with Crippen LogP contribution < -0.4 is 0 Å². The Hall–Kier alpha value is -0.660. The zero-order valence-electron chi connectivity index (χ0n) is 11.6. The van der Waals surface area contributed by atoms with Gasteiger partial charge in [0.2, 0.25) is 0 Å². The molecule has 0 spiro atoms. The molecule has 0 N–H and O–H groups in total. The van der Waals surface area contributed by atoms with Crippen LogP contribution in [0.3, 0.4) is 0 Å². The summed E-state index contributed by atoms with van der Waals surface area (Å²) >= 11 is 0. The van der Waals surface area contributed by atoms with E-state index in [1.54, 1.807) is 0 Å². The summed E-state index contributed by atoms with van der Waals surface area (Å²) in [4.78, 5) is 0. The van der Waals surface area contributed by atoms with Crippen LogP contribution in [0.2, 0.25) is 0 Å². The molecule has 0 aliphatic carbocycles. The van der Waals surface area contributed by atoms with Gasteiger partial charge in [0, 0.05) is 0 Å². The predicted octanol–water partition coefficient (Wildman–Crippen LogP) is 5.65. The van der Waals surface area contributed by atoms with Crippen LogP contribution in [0.5, 0.6) is 0 Å². The Morgan fingerprint density at radius 1 is 0.941 bits per heavy atom. The van der Waals surface area contributed by atoms with Gasteiger partial charge in [-0.1, -0.05) is 58.8 Å². The molecule has 1 unspecified atom stereocenters. The summed E-state index contributed by atoms with van der Waals surface area (Å²) < 4.78 is 0. The van der Waals surface area contributed by atoms with Gasteiger partial charge in [-0.2, -0.15) is 10.2 Å². The SMILES string of the molecule is CCCCCCCCC1N=NC=C1CCCC. The number of azo groups is 1. The highest BCUT2D eigenvalue weighted by molar-refractivity contribution is 5.13. The van der Waals surface area contributed by atoms with Crippen LogP contribution >= 0.6 is 0 Å². The summed E-state index contributed by atoms with van der Waals surface area (Å²) in [6.07, 6.45) is 15.2. The molecule has 0 fully saturated rings. The molecule has 0 aromatic rings. The van der Waals surface area contributed by atoms with E-state index in [4.69, 9.17) is 0 Å². The van der Waals surface area contributed by atoms with Crippen molar-refractivity contribution < 1.29 is 0 Å². The van der Waals surface area contributed by atoms with Crippen LogP contribution in [0, 0.1) is 0 Å². The summed E-state index contributed by atoms with van der Waals surface area (Å²) in [7, 11) is 0. The van der Waals surface area contributed by atoms with Gasteiger partial charge in [-0.3, -0.25) is 0 Å². The Labute approximate surface area is 107 Å². The average Bonchev–Trinajstić information content (AvgIpc) is 2.78. The van der Waals surface area contributed by atoms with Crippen LogP contribution in [-0.4, -0.2) is 6.04 Å². The molecule has 17 heavy (non-hydrogen) atoms. The molecule has 0 saturated heterocycles. The molecule has 1 heterocycles. The Balaban J connectivity index is 2.06. The minimum absolute atomic E-state index is 0.424. The first-order valence-corrected chi connectivity index (χ1v) is 7.47. The first kappa shape index (κ1) is 14.4. The minimum atomic E-state index is 0.424. The van der Waals surface area contributed by atoms with Crippen LogP contribution in [0.15, 0.2) is 22.0 Å². The quantitative estimate of drug-likeness (QED) is 0.438. The second kappa shape index (κ2) is 9.38. The maximum atomic E-state index is 4.34. The van der Waals surface area contributed by atoms with Gasteiger partial charge in [-0.25, -0.2) is 0 Å². The van der Waals surface area contributed by atoms with Gasteiger partial charge in [0.25, 0.3) is 0 Å². The molecule has 2 nitrogen and oxygen atoms in total. The monoisotopic (exact) mass is 236 g/mol. The predicted molar refractivity (Wildman–Crippen MR) is 74.2 cm³/mol. The molecule has 0 aromatic carbocycles. The van der Waals surface area contributed by atoms with E-state index in [2.05, 4.69) is 24.1 Å². The van der Waals surface area contributed by atoms with E-state index < -0.39 is 0 Å². The van der Waals surface area contributed by atoms with Crippen LogP contribution in [-0.2, 0) is 0 Å². The van der Waals surface area contributed by atoms with Gasteiger partial charge in [-0.05, 0) is 24.8 Å². The van der Waals surface area contributed by atoms with Gasteiger partial charge >= 0.3 is 0 Å². The van der Waals surface area contributed by atoms with Crippen molar-refractivity contribution in [2.45, 2.75) is 84.1 Å². The molecule has 1 atom stereocenters. The summed E-state index contributed by atoms with van der Waals surface area (Å²) in [5, 5.41) is 8.43. The number of nitrogens with zero attached hydrogens (tertiary/aromatic N) is 2. The Morgan fingerprint density at radius 3 is 2.41 bits per heavy atom. The van der Waals surface area contributed by atoms with Crippen molar-refractivity contribution >= 4 is 0 Å². The Bertz CT molecular complexity index is 243. The van der Waals surface area contributed by atoms with E-state index in [9.17, 15) is 0 Å². The first-order chi connectivity index (χ1) is 8.38. The maximum absolute atomic E-state index is 4.34. The summed E-state index contributed by atoms with van der Waals surface area (Å²) in [6, 6.07) is 0.424. The molecule has 0 saturated carbocycles. The second-order valence-corrected chi connectivity index (χ2v) is 5.11. The summed E-state index contributed by atoms with van der Waals surface area (Å²) in [5.74, 6) is 0. The van der Waals surface area contributed by atoms with Crippen molar-refractivity contribution in [3.63, 3.8) is 0 Å². The fraction of sp³-hybridized carbons (Fsp3) is 0.867. The zero-order chi connectivity index (χ0) is 12.3. The number of rotatable bonds is 10. The molecule has 1 aliphatic rings. The number of unbranched alkanes of at least 4 members (excludes halogenated alkanes) is 6. The van der Waals surface area contributed by atoms with Crippen molar-refractivity contribution in [3.8, 4) is 0 Å². The fourth-order valence-electron chi connectivity index (χ4n) is 2.32. The van der Waals surface area contributed by atoms with E-state index in [0.29, 0.717) is 6.04 Å². The molecule has 0 aromatic heterocycles. The van der Waals surface area contributed by atoms with Crippen LogP contribution in [0.4, 0.5) is 0 Å². The van der Waals surface area contributed by atoms with Gasteiger partial charge in [0.15, 0.2) is 0 Å². The normalized spacial score (nSPS) is 18.7. The van der Waals surface area contributed by atoms with E-state index in [1.807, 2.05) is 6.20 Å². The molecule has 0 bridgehead atoms. The molecule has 2 heteroatoms. The molecule has 1 rings (SSSR count). The third-order valence-corrected chi connectivity index (χ3v) is 3.51. The highest BCUT2D eigenvalue weighted by atomic mass is 15.1. The molecule has 98 valence electrons. The third kappa shape index (κ3) is 5.99. The van der Waals surface area contributed by atoms with Crippen molar-refractivity contribution in [2.24, 2.45) is 10.2 Å². The molecule has 1 aliphatic heterocycles. The summed E-state index contributed by atoms with van der Waals surface area (Å²) in [5.41, 5.74) is 1.47. The standard InChI is InChI=1S/C15H28N2/c1-3-5-7-8-9-10-12-15-14(11-6-4-2)13-16-17-15/h13,15H,3-12H2,1-2H3. The highest BCUT2D eigenvalue weighted by Gasteiger charge is 2.16. The molecular weight excluding hydrogens is 208 g/mol. The Kier molecular flexibility index (Phi) is 7.94. The molecule has 0 radical (unpaired) electrons. The number of hydrogen-bond donors (Lipinski definition) is 0. The molecular formula is C15H28N2. The van der Waals surface area contributed by atoms with E-state index in [0.717, 1.165) is 0 Å². The van der Waals surface area contributed by atoms with Crippen LogP contribution in [0.1, 0.15) is 78.1 Å².